The van der Waals surface area contributed by atoms with Crippen molar-refractivity contribution < 1.29 is 9.53 Å². The van der Waals surface area contributed by atoms with E-state index in [1.165, 1.54) is 0 Å². The minimum Gasteiger partial charge on any atom is -0.378 e. The van der Waals surface area contributed by atoms with Gasteiger partial charge in [-0.15, -0.1) is 0 Å². The lowest BCUT2D eigenvalue weighted by Crippen LogP contribution is -2.40. The van der Waals surface area contributed by atoms with Crippen LogP contribution in [0.3, 0.4) is 0 Å². The molecule has 160 valence electrons. The summed E-state index contributed by atoms with van der Waals surface area (Å²) >= 11 is 0. The Morgan fingerprint density at radius 2 is 1.97 bits per heavy atom. The summed E-state index contributed by atoms with van der Waals surface area (Å²) in [6, 6.07) is 4.00. The van der Waals surface area contributed by atoms with E-state index in [1.54, 1.807) is 12.4 Å². The molecule has 2 saturated heterocycles. The van der Waals surface area contributed by atoms with Gasteiger partial charge < -0.3 is 14.5 Å². The number of nitrogens with zero attached hydrogens (tertiary/aromatic N) is 5. The van der Waals surface area contributed by atoms with E-state index >= 15 is 0 Å². The van der Waals surface area contributed by atoms with Gasteiger partial charge in [-0.2, -0.15) is 0 Å². The molecule has 4 heterocycles. The molecule has 0 radical (unpaired) electrons. The van der Waals surface area contributed by atoms with Crippen LogP contribution in [0.4, 0.5) is 5.95 Å². The van der Waals surface area contributed by atoms with Crippen molar-refractivity contribution >= 4 is 11.9 Å². The highest BCUT2D eigenvalue weighted by molar-refractivity contribution is 5.76. The lowest BCUT2D eigenvalue weighted by molar-refractivity contribution is -0.133. The minimum absolute atomic E-state index is 0.209. The molecule has 2 aliphatic heterocycles. The number of rotatable bonds is 5. The summed E-state index contributed by atoms with van der Waals surface area (Å²) < 4.78 is 5.48. The summed E-state index contributed by atoms with van der Waals surface area (Å²) in [5, 5.41) is 0. The molecule has 2 fully saturated rings. The van der Waals surface area contributed by atoms with Crippen molar-refractivity contribution in [3.05, 3.63) is 36.4 Å². The Balaban J connectivity index is 1.65. The zero-order valence-electron chi connectivity index (χ0n) is 18.0. The molecule has 1 amide bonds. The molecule has 0 saturated carbocycles. The zero-order chi connectivity index (χ0) is 20.9. The van der Waals surface area contributed by atoms with Crippen LogP contribution in [0, 0.1) is 5.92 Å². The average Bonchev–Trinajstić information content (AvgIpc) is 2.79. The van der Waals surface area contributed by atoms with E-state index in [0.717, 1.165) is 61.8 Å². The van der Waals surface area contributed by atoms with E-state index in [2.05, 4.69) is 28.7 Å². The molecular formula is C23H31N5O2. The molecule has 0 spiro atoms. The smallest absolute Gasteiger partial charge is 0.225 e. The molecule has 2 aromatic heterocycles. The fourth-order valence-electron chi connectivity index (χ4n) is 4.27. The second-order valence-electron chi connectivity index (χ2n) is 8.58. The lowest BCUT2D eigenvalue weighted by Gasteiger charge is -2.34. The first-order valence-corrected chi connectivity index (χ1v) is 11.0. The average molecular weight is 410 g/mol. The number of amides is 1. The Morgan fingerprint density at radius 3 is 2.70 bits per heavy atom. The van der Waals surface area contributed by atoms with E-state index in [1.807, 2.05) is 23.2 Å². The maximum atomic E-state index is 12.7. The van der Waals surface area contributed by atoms with Gasteiger partial charge in [-0.3, -0.25) is 9.78 Å². The number of hydrogen-bond donors (Lipinski definition) is 0. The van der Waals surface area contributed by atoms with Gasteiger partial charge in [0.2, 0.25) is 11.9 Å². The first-order valence-electron chi connectivity index (χ1n) is 11.0. The zero-order valence-corrected chi connectivity index (χ0v) is 18.0. The number of carbonyl (C=O) groups excluding carboxylic acids is 1. The third-order valence-corrected chi connectivity index (χ3v) is 5.83. The molecule has 30 heavy (non-hydrogen) atoms. The molecule has 2 aliphatic rings. The fourth-order valence-corrected chi connectivity index (χ4v) is 4.27. The molecule has 0 N–H and O–H groups in total. The van der Waals surface area contributed by atoms with Crippen LogP contribution < -0.4 is 4.90 Å². The van der Waals surface area contributed by atoms with E-state index < -0.39 is 0 Å². The maximum absolute atomic E-state index is 12.7. The number of likely N-dealkylation sites (tertiary alicyclic amines) is 1. The quantitative estimate of drug-likeness (QED) is 0.756. The van der Waals surface area contributed by atoms with Gasteiger partial charge in [0.15, 0.2) is 0 Å². The van der Waals surface area contributed by atoms with Crippen molar-refractivity contribution in [2.45, 2.75) is 39.0 Å². The monoisotopic (exact) mass is 409 g/mol. The Bertz CT molecular complexity index is 852. The number of ether oxygens (including phenoxy) is 1. The van der Waals surface area contributed by atoms with Gasteiger partial charge in [-0.1, -0.05) is 13.8 Å². The lowest BCUT2D eigenvalue weighted by atomic mass is 9.89. The van der Waals surface area contributed by atoms with Crippen LogP contribution >= 0.6 is 0 Å². The predicted octanol–water partition coefficient (Wildman–Crippen LogP) is 3.13. The third kappa shape index (κ3) is 4.78. The van der Waals surface area contributed by atoms with Crippen LogP contribution in [0.15, 0.2) is 30.7 Å². The van der Waals surface area contributed by atoms with E-state index in [-0.39, 0.29) is 11.8 Å². The van der Waals surface area contributed by atoms with Crippen molar-refractivity contribution in [2.75, 3.05) is 44.3 Å². The summed E-state index contributed by atoms with van der Waals surface area (Å²) in [7, 11) is 0. The molecule has 7 heteroatoms. The number of carbonyl (C=O) groups is 1. The molecule has 2 aromatic rings. The van der Waals surface area contributed by atoms with Gasteiger partial charge in [0, 0.05) is 62.7 Å². The Labute approximate surface area is 178 Å². The van der Waals surface area contributed by atoms with Gasteiger partial charge in [0.25, 0.3) is 0 Å². The summed E-state index contributed by atoms with van der Waals surface area (Å²) in [6.07, 6.45) is 8.18. The van der Waals surface area contributed by atoms with E-state index in [9.17, 15) is 4.79 Å². The highest BCUT2D eigenvalue weighted by Crippen LogP contribution is 2.34. The van der Waals surface area contributed by atoms with Gasteiger partial charge in [0.05, 0.1) is 18.9 Å². The van der Waals surface area contributed by atoms with Crippen LogP contribution in [-0.2, 0) is 9.53 Å². The second-order valence-corrected chi connectivity index (χ2v) is 8.58. The number of aromatic nitrogens is 3. The summed E-state index contributed by atoms with van der Waals surface area (Å²) in [5.74, 6) is 1.59. The second kappa shape index (κ2) is 9.51. The molecule has 4 rings (SSSR count). The Morgan fingerprint density at radius 1 is 1.20 bits per heavy atom. The van der Waals surface area contributed by atoms with Gasteiger partial charge in [0.1, 0.15) is 0 Å². The standard InChI is InChI=1S/C23H31N5O2/c1-17(2)14-21(29)28-9-3-4-19(16-28)22-20(18-5-7-24-8-6-18)15-25-23(26-22)27-10-12-30-13-11-27/h5-8,15,17,19H,3-4,9-14,16H2,1-2H3. The summed E-state index contributed by atoms with van der Waals surface area (Å²) in [5.41, 5.74) is 3.15. The molecule has 1 unspecified atom stereocenters. The predicted molar refractivity (Wildman–Crippen MR) is 116 cm³/mol. The first kappa shape index (κ1) is 20.7. The Kier molecular flexibility index (Phi) is 6.57. The number of anilines is 1. The maximum Gasteiger partial charge on any atom is 0.225 e. The molecular weight excluding hydrogens is 378 g/mol. The number of piperidine rings is 1. The van der Waals surface area contributed by atoms with Crippen molar-refractivity contribution in [3.8, 4) is 11.1 Å². The van der Waals surface area contributed by atoms with Crippen LogP contribution in [0.5, 0.6) is 0 Å². The summed E-state index contributed by atoms with van der Waals surface area (Å²) in [6.45, 7) is 8.77. The van der Waals surface area contributed by atoms with Crippen LogP contribution in [0.1, 0.15) is 44.7 Å². The van der Waals surface area contributed by atoms with Crippen molar-refractivity contribution in [1.29, 1.82) is 0 Å². The van der Waals surface area contributed by atoms with Crippen LogP contribution in [0.2, 0.25) is 0 Å². The number of hydrogen-bond acceptors (Lipinski definition) is 6. The number of pyridine rings is 1. The van der Waals surface area contributed by atoms with Crippen LogP contribution in [0.25, 0.3) is 11.1 Å². The van der Waals surface area contributed by atoms with E-state index in [4.69, 9.17) is 9.72 Å². The van der Waals surface area contributed by atoms with Crippen LogP contribution in [-0.4, -0.2) is 65.2 Å². The fraction of sp³-hybridized carbons (Fsp3) is 0.565. The van der Waals surface area contributed by atoms with E-state index in [0.29, 0.717) is 25.6 Å². The van der Waals surface area contributed by atoms with Gasteiger partial charge in [-0.25, -0.2) is 9.97 Å². The topological polar surface area (TPSA) is 71.5 Å². The van der Waals surface area contributed by atoms with Gasteiger partial charge in [-0.05, 0) is 36.5 Å². The number of morpholine rings is 1. The third-order valence-electron chi connectivity index (χ3n) is 5.83. The minimum atomic E-state index is 0.209. The summed E-state index contributed by atoms with van der Waals surface area (Å²) in [4.78, 5) is 30.8. The highest BCUT2D eigenvalue weighted by atomic mass is 16.5. The van der Waals surface area contributed by atoms with Crippen molar-refractivity contribution in [3.63, 3.8) is 0 Å². The van der Waals surface area contributed by atoms with Gasteiger partial charge >= 0.3 is 0 Å². The highest BCUT2D eigenvalue weighted by Gasteiger charge is 2.29. The first-order chi connectivity index (χ1) is 14.6. The molecule has 7 nitrogen and oxygen atoms in total. The molecule has 0 bridgehead atoms. The SMILES string of the molecule is CC(C)CC(=O)N1CCCC(c2nc(N3CCOCC3)ncc2-c2ccncc2)C1. The van der Waals surface area contributed by atoms with Crippen molar-refractivity contribution in [1.82, 2.24) is 19.9 Å². The Hall–Kier alpha value is -2.54. The van der Waals surface area contributed by atoms with Crippen molar-refractivity contribution in [2.24, 2.45) is 5.92 Å². The molecule has 0 aliphatic carbocycles. The molecule has 0 aromatic carbocycles. The normalized spacial score (nSPS) is 19.9. The molecule has 1 atom stereocenters. The largest absolute Gasteiger partial charge is 0.378 e.